The van der Waals surface area contributed by atoms with E-state index in [0.717, 1.165) is 19.4 Å². The molecule has 114 valence electrons. The minimum absolute atomic E-state index is 0.0649. The molecule has 0 aromatic carbocycles. The largest absolute Gasteiger partial charge is 0.368 e. The lowest BCUT2D eigenvalue weighted by Gasteiger charge is -2.22. The number of hydrogen-bond donors (Lipinski definition) is 2. The van der Waals surface area contributed by atoms with Crippen LogP contribution in [-0.4, -0.2) is 67.3 Å². The second kappa shape index (κ2) is 7.84. The zero-order valence-electron chi connectivity index (χ0n) is 12.2. The van der Waals surface area contributed by atoms with E-state index in [4.69, 9.17) is 5.73 Å². The summed E-state index contributed by atoms with van der Waals surface area (Å²) >= 11 is 0. The van der Waals surface area contributed by atoms with Gasteiger partial charge in [-0.3, -0.25) is 14.4 Å². The Morgan fingerprint density at radius 2 is 2.05 bits per heavy atom. The van der Waals surface area contributed by atoms with E-state index in [2.05, 4.69) is 5.32 Å². The maximum atomic E-state index is 11.9. The minimum Gasteiger partial charge on any atom is -0.368 e. The Bertz CT molecular complexity index is 371. The molecule has 0 spiro atoms. The fourth-order valence-corrected chi connectivity index (χ4v) is 2.28. The summed E-state index contributed by atoms with van der Waals surface area (Å²) in [5.41, 5.74) is 5.25. The molecule has 0 bridgehead atoms. The minimum atomic E-state index is -0.520. The van der Waals surface area contributed by atoms with Crippen LogP contribution in [-0.2, 0) is 14.4 Å². The number of nitrogens with zero attached hydrogens (tertiary/aromatic N) is 2. The van der Waals surface area contributed by atoms with Gasteiger partial charge in [0.1, 0.15) is 6.04 Å². The lowest BCUT2D eigenvalue weighted by Crippen LogP contribution is -2.47. The first-order chi connectivity index (χ1) is 9.41. The van der Waals surface area contributed by atoms with Crippen LogP contribution in [0.25, 0.3) is 0 Å². The van der Waals surface area contributed by atoms with Crippen LogP contribution in [0.5, 0.6) is 0 Å². The molecule has 20 heavy (non-hydrogen) atoms. The van der Waals surface area contributed by atoms with Crippen molar-refractivity contribution in [2.75, 3.05) is 33.7 Å². The van der Waals surface area contributed by atoms with Crippen LogP contribution in [0.1, 0.15) is 25.7 Å². The number of hydrogen-bond acceptors (Lipinski definition) is 4. The number of primary amides is 1. The molecule has 3 N–H and O–H groups in total. The van der Waals surface area contributed by atoms with Gasteiger partial charge in [0.05, 0.1) is 6.54 Å². The molecular formula is C13H24N4O3. The van der Waals surface area contributed by atoms with Crippen LogP contribution < -0.4 is 11.1 Å². The monoisotopic (exact) mass is 284 g/mol. The molecule has 0 aliphatic carbocycles. The number of rotatable bonds is 7. The fraction of sp³-hybridized carbons (Fsp3) is 0.769. The Morgan fingerprint density at radius 3 is 2.65 bits per heavy atom. The Balaban J connectivity index is 2.28. The Morgan fingerprint density at radius 1 is 1.35 bits per heavy atom. The van der Waals surface area contributed by atoms with E-state index in [1.54, 1.807) is 0 Å². The van der Waals surface area contributed by atoms with E-state index in [1.165, 1.54) is 4.90 Å². The fourth-order valence-electron chi connectivity index (χ4n) is 2.28. The van der Waals surface area contributed by atoms with Gasteiger partial charge in [-0.2, -0.15) is 0 Å². The maximum absolute atomic E-state index is 11.9. The average Bonchev–Trinajstić information content (AvgIpc) is 2.84. The molecule has 1 saturated heterocycles. The molecule has 1 aliphatic heterocycles. The number of nitrogens with two attached hydrogens (primary N) is 1. The second-order valence-corrected chi connectivity index (χ2v) is 5.33. The summed E-state index contributed by atoms with van der Waals surface area (Å²) in [6, 6.07) is -0.520. The second-order valence-electron chi connectivity index (χ2n) is 5.33. The summed E-state index contributed by atoms with van der Waals surface area (Å²) in [6.07, 6.45) is 2.53. The molecule has 1 heterocycles. The molecule has 0 saturated carbocycles. The van der Waals surface area contributed by atoms with Gasteiger partial charge in [0.2, 0.25) is 17.7 Å². The average molecular weight is 284 g/mol. The first-order valence-corrected chi connectivity index (χ1v) is 6.92. The van der Waals surface area contributed by atoms with Crippen LogP contribution in [0, 0.1) is 0 Å². The van der Waals surface area contributed by atoms with E-state index in [0.29, 0.717) is 19.4 Å². The van der Waals surface area contributed by atoms with Gasteiger partial charge in [-0.25, -0.2) is 0 Å². The molecule has 0 radical (unpaired) electrons. The van der Waals surface area contributed by atoms with E-state index < -0.39 is 11.9 Å². The van der Waals surface area contributed by atoms with E-state index in [-0.39, 0.29) is 18.4 Å². The first-order valence-electron chi connectivity index (χ1n) is 6.92. The first kappa shape index (κ1) is 16.4. The third-order valence-corrected chi connectivity index (χ3v) is 3.35. The van der Waals surface area contributed by atoms with Crippen LogP contribution >= 0.6 is 0 Å². The number of nitrogens with one attached hydrogen (secondary N) is 1. The molecule has 0 aromatic rings. The zero-order chi connectivity index (χ0) is 15.1. The van der Waals surface area contributed by atoms with Crippen LogP contribution in [0.3, 0.4) is 0 Å². The van der Waals surface area contributed by atoms with E-state index in [9.17, 15) is 14.4 Å². The summed E-state index contributed by atoms with van der Waals surface area (Å²) < 4.78 is 0. The quantitative estimate of drug-likeness (QED) is 0.621. The number of carbonyl (C=O) groups excluding carboxylic acids is 3. The van der Waals surface area contributed by atoms with E-state index >= 15 is 0 Å². The molecule has 7 nitrogen and oxygen atoms in total. The number of carbonyl (C=O) groups is 3. The van der Waals surface area contributed by atoms with Crippen molar-refractivity contribution in [2.24, 2.45) is 5.73 Å². The van der Waals surface area contributed by atoms with Gasteiger partial charge in [0.15, 0.2) is 0 Å². The molecule has 1 unspecified atom stereocenters. The SMILES string of the molecule is CN(C)CCCC(=O)NCC(=O)N1CCCC1C(N)=O. The van der Waals surface area contributed by atoms with Gasteiger partial charge in [-0.1, -0.05) is 0 Å². The molecule has 7 heteroatoms. The highest BCUT2D eigenvalue weighted by Gasteiger charge is 2.32. The Labute approximate surface area is 119 Å². The zero-order valence-corrected chi connectivity index (χ0v) is 12.2. The molecule has 1 fully saturated rings. The van der Waals surface area contributed by atoms with E-state index in [1.807, 2.05) is 19.0 Å². The Hall–Kier alpha value is -1.63. The van der Waals surface area contributed by atoms with Crippen LogP contribution in [0.15, 0.2) is 0 Å². The lowest BCUT2D eigenvalue weighted by atomic mass is 10.2. The summed E-state index contributed by atoms with van der Waals surface area (Å²) in [5.74, 6) is -0.865. The third-order valence-electron chi connectivity index (χ3n) is 3.35. The van der Waals surface area contributed by atoms with Gasteiger partial charge < -0.3 is 20.9 Å². The predicted molar refractivity (Wildman–Crippen MR) is 74.7 cm³/mol. The summed E-state index contributed by atoms with van der Waals surface area (Å²) in [7, 11) is 3.89. The van der Waals surface area contributed by atoms with Crippen molar-refractivity contribution in [2.45, 2.75) is 31.7 Å². The summed E-state index contributed by atoms with van der Waals surface area (Å²) in [5, 5.41) is 2.59. The topological polar surface area (TPSA) is 95.7 Å². The molecule has 3 amide bonds. The molecule has 1 atom stereocenters. The van der Waals surface area contributed by atoms with Gasteiger partial charge in [0.25, 0.3) is 0 Å². The molecule has 1 aliphatic rings. The third kappa shape index (κ3) is 5.16. The van der Waals surface area contributed by atoms with Crippen molar-refractivity contribution in [1.82, 2.24) is 15.1 Å². The predicted octanol–water partition coefficient (Wildman–Crippen LogP) is -1.08. The summed E-state index contributed by atoms with van der Waals surface area (Å²) in [4.78, 5) is 38.2. The highest BCUT2D eigenvalue weighted by molar-refractivity contribution is 5.90. The molecule has 0 aromatic heterocycles. The summed E-state index contributed by atoms with van der Waals surface area (Å²) in [6.45, 7) is 1.30. The highest BCUT2D eigenvalue weighted by atomic mass is 16.2. The van der Waals surface area contributed by atoms with Gasteiger partial charge >= 0.3 is 0 Å². The smallest absolute Gasteiger partial charge is 0.242 e. The lowest BCUT2D eigenvalue weighted by molar-refractivity contribution is -0.137. The van der Waals surface area contributed by atoms with Crippen molar-refractivity contribution in [3.05, 3.63) is 0 Å². The van der Waals surface area contributed by atoms with Crippen molar-refractivity contribution in [3.8, 4) is 0 Å². The Kier molecular flexibility index (Phi) is 6.44. The van der Waals surface area contributed by atoms with Crippen LogP contribution in [0.2, 0.25) is 0 Å². The van der Waals surface area contributed by atoms with Gasteiger partial charge in [-0.15, -0.1) is 0 Å². The van der Waals surface area contributed by atoms with Crippen molar-refractivity contribution in [1.29, 1.82) is 0 Å². The van der Waals surface area contributed by atoms with Gasteiger partial charge in [0, 0.05) is 13.0 Å². The maximum Gasteiger partial charge on any atom is 0.242 e. The normalized spacial score (nSPS) is 18.4. The molecular weight excluding hydrogens is 260 g/mol. The number of likely N-dealkylation sites (tertiary alicyclic amines) is 1. The molecule has 1 rings (SSSR count). The van der Waals surface area contributed by atoms with Crippen molar-refractivity contribution < 1.29 is 14.4 Å². The van der Waals surface area contributed by atoms with Crippen molar-refractivity contribution >= 4 is 17.7 Å². The standard InChI is InChI=1S/C13H24N4O3/c1-16(2)7-4-6-11(18)15-9-12(19)17-8-3-5-10(17)13(14)20/h10H,3-9H2,1-2H3,(H2,14,20)(H,15,18). The highest BCUT2D eigenvalue weighted by Crippen LogP contribution is 2.16. The van der Waals surface area contributed by atoms with Crippen LogP contribution in [0.4, 0.5) is 0 Å². The van der Waals surface area contributed by atoms with Crippen molar-refractivity contribution in [3.63, 3.8) is 0 Å². The van der Waals surface area contributed by atoms with Gasteiger partial charge in [-0.05, 0) is 39.9 Å². The number of amides is 3.